The number of quaternary nitrogens is 1. The number of carboxylic acids is 1. The van der Waals surface area contributed by atoms with Crippen LogP contribution in [0.1, 0.15) is 63.5 Å². The van der Waals surface area contributed by atoms with Crippen molar-refractivity contribution >= 4 is 23.5 Å². The van der Waals surface area contributed by atoms with Gasteiger partial charge in [0.25, 0.3) is 0 Å². The highest BCUT2D eigenvalue weighted by Gasteiger charge is 2.48. The minimum Gasteiger partial charge on any atom is -0.481 e. The maximum Gasteiger partial charge on any atom is 0.308 e. The SMILES string of the molecule is CCCCN(C(=O)CN1CC(c2ccc3c(c2)OCO3)C(C(=O)O)C1CCN1CCC(C)(C)C1=O)c1cccc(C[N+](C)(C)C)c1. The Kier molecular flexibility index (Phi) is 9.98. The lowest BCUT2D eigenvalue weighted by Gasteiger charge is -2.31. The van der Waals surface area contributed by atoms with E-state index in [1.807, 2.05) is 54.0 Å². The molecular formula is C36H51N4O6+. The number of hydrogen-bond donors (Lipinski definition) is 1. The van der Waals surface area contributed by atoms with Crippen LogP contribution in [0.4, 0.5) is 5.69 Å². The van der Waals surface area contributed by atoms with E-state index in [-0.39, 0.29) is 31.1 Å². The molecule has 0 saturated carbocycles. The number of hydrogen-bond acceptors (Lipinski definition) is 6. The average Bonchev–Trinajstić information content (AvgIpc) is 3.67. The summed E-state index contributed by atoms with van der Waals surface area (Å²) in [6, 6.07) is 13.4. The van der Waals surface area contributed by atoms with Crippen LogP contribution in [0.15, 0.2) is 42.5 Å². The van der Waals surface area contributed by atoms with Gasteiger partial charge in [0.1, 0.15) is 6.54 Å². The molecular weight excluding hydrogens is 584 g/mol. The quantitative estimate of drug-likeness (QED) is 0.322. The largest absolute Gasteiger partial charge is 0.481 e. The lowest BCUT2D eigenvalue weighted by atomic mass is 9.84. The van der Waals surface area contributed by atoms with Crippen LogP contribution in [-0.4, -0.2) is 104 Å². The van der Waals surface area contributed by atoms with Crippen molar-refractivity contribution in [2.24, 2.45) is 11.3 Å². The van der Waals surface area contributed by atoms with E-state index >= 15 is 0 Å². The fourth-order valence-electron chi connectivity index (χ4n) is 7.23. The molecule has 2 saturated heterocycles. The van der Waals surface area contributed by atoms with E-state index in [0.29, 0.717) is 44.1 Å². The number of amides is 2. The van der Waals surface area contributed by atoms with Crippen molar-refractivity contribution in [3.63, 3.8) is 0 Å². The fourth-order valence-corrected chi connectivity index (χ4v) is 7.23. The van der Waals surface area contributed by atoms with Gasteiger partial charge in [0.2, 0.25) is 18.6 Å². The van der Waals surface area contributed by atoms with Gasteiger partial charge in [-0.25, -0.2) is 0 Å². The smallest absolute Gasteiger partial charge is 0.308 e. The molecule has 0 bridgehead atoms. The number of fused-ring (bicyclic) bond motifs is 1. The van der Waals surface area contributed by atoms with E-state index in [1.54, 1.807) is 0 Å². The lowest BCUT2D eigenvalue weighted by molar-refractivity contribution is -0.884. The van der Waals surface area contributed by atoms with Crippen molar-refractivity contribution in [1.29, 1.82) is 0 Å². The number of carbonyl (C=O) groups excluding carboxylic acids is 2. The van der Waals surface area contributed by atoms with Crippen LogP contribution in [0, 0.1) is 11.3 Å². The molecule has 0 aromatic heterocycles. The summed E-state index contributed by atoms with van der Waals surface area (Å²) in [5.74, 6) is -0.694. The molecule has 2 aromatic carbocycles. The summed E-state index contributed by atoms with van der Waals surface area (Å²) < 4.78 is 11.9. The second kappa shape index (κ2) is 13.6. The Bertz CT molecular complexity index is 1440. The van der Waals surface area contributed by atoms with Crippen LogP contribution >= 0.6 is 0 Å². The molecule has 3 atom stereocenters. The summed E-state index contributed by atoms with van der Waals surface area (Å²) in [7, 11) is 6.44. The molecule has 3 unspecified atom stereocenters. The van der Waals surface area contributed by atoms with E-state index in [9.17, 15) is 19.5 Å². The van der Waals surface area contributed by atoms with Crippen LogP contribution in [0.3, 0.4) is 0 Å². The van der Waals surface area contributed by atoms with Gasteiger partial charge in [-0.2, -0.15) is 0 Å². The Morgan fingerprint density at radius 2 is 1.85 bits per heavy atom. The molecule has 3 heterocycles. The molecule has 5 rings (SSSR count). The second-order valence-electron chi connectivity index (χ2n) is 14.8. The summed E-state index contributed by atoms with van der Waals surface area (Å²) >= 11 is 0. The Balaban J connectivity index is 1.43. The molecule has 10 nitrogen and oxygen atoms in total. The fraction of sp³-hybridized carbons (Fsp3) is 0.583. The number of nitrogens with zero attached hydrogens (tertiary/aromatic N) is 4. The normalized spacial score (nSPS) is 22.4. The van der Waals surface area contributed by atoms with E-state index < -0.39 is 23.3 Å². The highest BCUT2D eigenvalue weighted by Crippen LogP contribution is 2.43. The Labute approximate surface area is 273 Å². The number of carboxylic acid groups (broad SMARTS) is 1. The molecule has 0 aliphatic carbocycles. The molecule has 1 N–H and O–H groups in total. The van der Waals surface area contributed by atoms with Crippen LogP contribution in [0.2, 0.25) is 0 Å². The van der Waals surface area contributed by atoms with Crippen LogP contribution < -0.4 is 14.4 Å². The molecule has 46 heavy (non-hydrogen) atoms. The van der Waals surface area contributed by atoms with Gasteiger partial charge in [-0.15, -0.1) is 0 Å². The molecule has 3 aliphatic rings. The Hall–Kier alpha value is -3.63. The van der Waals surface area contributed by atoms with Gasteiger partial charge in [-0.3, -0.25) is 19.3 Å². The Morgan fingerprint density at radius 1 is 1.09 bits per heavy atom. The average molecular weight is 636 g/mol. The highest BCUT2D eigenvalue weighted by molar-refractivity contribution is 5.95. The molecule has 250 valence electrons. The van der Waals surface area contributed by atoms with E-state index in [4.69, 9.17) is 9.47 Å². The molecule has 3 aliphatic heterocycles. The van der Waals surface area contributed by atoms with Gasteiger partial charge in [0.15, 0.2) is 11.5 Å². The van der Waals surface area contributed by atoms with Crippen molar-refractivity contribution in [2.75, 3.05) is 65.6 Å². The highest BCUT2D eigenvalue weighted by atomic mass is 16.7. The molecule has 0 radical (unpaired) electrons. The van der Waals surface area contributed by atoms with Gasteiger partial charge >= 0.3 is 5.97 Å². The van der Waals surface area contributed by atoms with Crippen molar-refractivity contribution in [3.8, 4) is 11.5 Å². The first kappa shape index (κ1) is 33.7. The lowest BCUT2D eigenvalue weighted by Crippen LogP contribution is -2.46. The summed E-state index contributed by atoms with van der Waals surface area (Å²) in [6.45, 7) is 9.23. The number of unbranched alkanes of at least 4 members (excludes halogenated alkanes) is 1. The third-order valence-corrected chi connectivity index (χ3v) is 9.68. The monoisotopic (exact) mass is 635 g/mol. The summed E-state index contributed by atoms with van der Waals surface area (Å²) in [4.78, 5) is 46.1. The number of ether oxygens (including phenoxy) is 2. The molecule has 2 amide bonds. The van der Waals surface area contributed by atoms with E-state index in [2.05, 4.69) is 45.1 Å². The van der Waals surface area contributed by atoms with Gasteiger partial charge in [0.05, 0.1) is 33.6 Å². The number of benzene rings is 2. The van der Waals surface area contributed by atoms with E-state index in [1.165, 1.54) is 0 Å². The molecule has 10 heteroatoms. The zero-order valence-corrected chi connectivity index (χ0v) is 28.3. The zero-order chi connectivity index (χ0) is 33.2. The standard InChI is InChI=1S/C36H50N4O6/c1-7-8-16-39(27-11-9-10-25(19-27)23-40(4,5)6)32(41)22-38-21-28(26-12-13-30-31(20-26)46-24-45-30)33(34(42)43)29(38)14-17-37-18-15-36(2,3)35(37)44/h9-13,19-20,28-29,33H,7-8,14-18,21-24H2,1-6H3/p+1. The molecule has 2 fully saturated rings. The van der Waals surface area contributed by atoms with Gasteiger partial charge < -0.3 is 28.9 Å². The minimum absolute atomic E-state index is 0.0466. The number of aliphatic carboxylic acids is 1. The zero-order valence-electron chi connectivity index (χ0n) is 28.3. The maximum atomic E-state index is 14.3. The van der Waals surface area contributed by atoms with Crippen molar-refractivity contribution in [2.45, 2.75) is 65.0 Å². The van der Waals surface area contributed by atoms with Gasteiger partial charge in [-0.05, 0) is 49.1 Å². The van der Waals surface area contributed by atoms with E-state index in [0.717, 1.165) is 47.1 Å². The third kappa shape index (κ3) is 7.50. The molecule has 2 aromatic rings. The predicted molar refractivity (Wildman–Crippen MR) is 177 cm³/mol. The van der Waals surface area contributed by atoms with Gasteiger partial charge in [-0.1, -0.05) is 45.4 Å². The van der Waals surface area contributed by atoms with Gasteiger partial charge in [0, 0.05) is 54.8 Å². The topological polar surface area (TPSA) is 99.6 Å². The number of anilines is 1. The second-order valence-corrected chi connectivity index (χ2v) is 14.8. The van der Waals surface area contributed by atoms with Crippen LogP contribution in [0.25, 0.3) is 0 Å². The first-order valence-corrected chi connectivity index (χ1v) is 16.6. The summed E-state index contributed by atoms with van der Waals surface area (Å²) in [5.41, 5.74) is 2.47. The summed E-state index contributed by atoms with van der Waals surface area (Å²) in [5, 5.41) is 10.7. The summed E-state index contributed by atoms with van der Waals surface area (Å²) in [6.07, 6.45) is 3.06. The van der Waals surface area contributed by atoms with Crippen molar-refractivity contribution in [1.82, 2.24) is 9.80 Å². The van der Waals surface area contributed by atoms with Crippen LogP contribution in [0.5, 0.6) is 11.5 Å². The maximum absolute atomic E-state index is 14.3. The first-order chi connectivity index (χ1) is 21.8. The number of rotatable bonds is 13. The first-order valence-electron chi connectivity index (χ1n) is 16.6. The van der Waals surface area contributed by atoms with Crippen molar-refractivity contribution < 1.29 is 33.4 Å². The van der Waals surface area contributed by atoms with Crippen LogP contribution in [-0.2, 0) is 20.9 Å². The third-order valence-electron chi connectivity index (χ3n) is 9.68. The van der Waals surface area contributed by atoms with Crippen molar-refractivity contribution in [3.05, 3.63) is 53.6 Å². The predicted octanol–water partition coefficient (Wildman–Crippen LogP) is 4.57. The number of likely N-dealkylation sites (tertiary alicyclic amines) is 2. The minimum atomic E-state index is -0.897. The molecule has 0 spiro atoms. The Morgan fingerprint density at radius 3 is 2.52 bits per heavy atom. The number of carbonyl (C=O) groups is 3.